The molecule has 0 bridgehead atoms. The highest BCUT2D eigenvalue weighted by molar-refractivity contribution is 5.75. The van der Waals surface area contributed by atoms with Gasteiger partial charge in [0.1, 0.15) is 0 Å². The summed E-state index contributed by atoms with van der Waals surface area (Å²) in [5.74, 6) is 0.0737. The number of nitrogens with zero attached hydrogens (tertiary/aromatic N) is 2. The number of hydrogen-bond acceptors (Lipinski definition) is 4. The molecule has 0 spiro atoms. The second-order valence-corrected chi connectivity index (χ2v) is 5.07. The largest absolute Gasteiger partial charge is 0.378 e. The summed E-state index contributed by atoms with van der Waals surface area (Å²) in [5, 5.41) is 6.21. The highest BCUT2D eigenvalue weighted by Crippen LogP contribution is 2.07. The molecule has 1 amide bonds. The van der Waals surface area contributed by atoms with Crippen molar-refractivity contribution >= 4 is 5.91 Å². The molecule has 6 nitrogen and oxygen atoms in total. The van der Waals surface area contributed by atoms with Gasteiger partial charge in [-0.3, -0.25) is 4.79 Å². The third kappa shape index (κ3) is 5.71. The zero-order valence-electron chi connectivity index (χ0n) is 11.9. The number of aromatic nitrogens is 2. The first kappa shape index (κ1) is 15.0. The van der Waals surface area contributed by atoms with Gasteiger partial charge in [0.2, 0.25) is 5.91 Å². The number of carbonyl (C=O) groups excluding carboxylic acids is 1. The van der Waals surface area contributed by atoms with Crippen LogP contribution in [0.1, 0.15) is 25.7 Å². The minimum atomic E-state index is 0.0737. The van der Waals surface area contributed by atoms with E-state index in [4.69, 9.17) is 4.74 Å². The summed E-state index contributed by atoms with van der Waals surface area (Å²) in [7, 11) is 0. The number of ether oxygens (including phenoxy) is 1. The molecule has 0 atom stereocenters. The summed E-state index contributed by atoms with van der Waals surface area (Å²) in [6.45, 7) is 4.14. The minimum absolute atomic E-state index is 0.0737. The van der Waals surface area contributed by atoms with Crippen LogP contribution in [-0.4, -0.2) is 47.8 Å². The predicted octanol–water partition coefficient (Wildman–Crippen LogP) is 0.548. The molecule has 1 aromatic rings. The summed E-state index contributed by atoms with van der Waals surface area (Å²) in [5.41, 5.74) is 0. The van der Waals surface area contributed by atoms with E-state index in [1.165, 1.54) is 0 Å². The van der Waals surface area contributed by atoms with E-state index in [-0.39, 0.29) is 5.91 Å². The van der Waals surface area contributed by atoms with E-state index < -0.39 is 0 Å². The average molecular weight is 280 g/mol. The van der Waals surface area contributed by atoms with Crippen LogP contribution >= 0.6 is 0 Å². The van der Waals surface area contributed by atoms with Crippen molar-refractivity contribution in [1.82, 2.24) is 20.2 Å². The van der Waals surface area contributed by atoms with Gasteiger partial charge in [-0.05, 0) is 32.4 Å². The monoisotopic (exact) mass is 280 g/mol. The lowest BCUT2D eigenvalue weighted by atomic mass is 10.1. The van der Waals surface area contributed by atoms with Crippen LogP contribution in [0.3, 0.4) is 0 Å². The number of hydrogen-bond donors (Lipinski definition) is 2. The Morgan fingerprint density at radius 3 is 3.05 bits per heavy atom. The molecule has 1 aliphatic rings. The van der Waals surface area contributed by atoms with Gasteiger partial charge >= 0.3 is 0 Å². The first-order valence-corrected chi connectivity index (χ1v) is 7.39. The van der Waals surface area contributed by atoms with Crippen LogP contribution < -0.4 is 10.6 Å². The lowest BCUT2D eigenvalue weighted by Crippen LogP contribution is -2.33. The second kappa shape index (κ2) is 8.71. The first-order chi connectivity index (χ1) is 9.84. The number of aryl methyl sites for hydroxylation is 1. The van der Waals surface area contributed by atoms with Crippen molar-refractivity contribution in [2.75, 3.05) is 26.2 Å². The maximum Gasteiger partial charge on any atom is 0.222 e. The first-order valence-electron chi connectivity index (χ1n) is 7.39. The lowest BCUT2D eigenvalue weighted by Gasteiger charge is -2.22. The van der Waals surface area contributed by atoms with Gasteiger partial charge in [-0.25, -0.2) is 4.98 Å². The van der Waals surface area contributed by atoms with Gasteiger partial charge in [-0.2, -0.15) is 0 Å². The van der Waals surface area contributed by atoms with Crippen molar-refractivity contribution in [2.24, 2.45) is 0 Å². The normalized spacial score (nSPS) is 16.2. The molecule has 0 radical (unpaired) electrons. The fourth-order valence-electron chi connectivity index (χ4n) is 2.28. The number of carbonyl (C=O) groups is 1. The van der Waals surface area contributed by atoms with Crippen LogP contribution in [0.15, 0.2) is 18.7 Å². The third-order valence-corrected chi connectivity index (χ3v) is 3.44. The van der Waals surface area contributed by atoms with Gasteiger partial charge in [0.25, 0.3) is 0 Å². The molecule has 6 heteroatoms. The van der Waals surface area contributed by atoms with Gasteiger partial charge in [0, 0.05) is 31.9 Å². The molecule has 0 aromatic carbocycles. The Balaban J connectivity index is 1.45. The second-order valence-electron chi connectivity index (χ2n) is 5.07. The summed E-state index contributed by atoms with van der Waals surface area (Å²) >= 11 is 0. The Morgan fingerprint density at radius 1 is 1.45 bits per heavy atom. The predicted molar refractivity (Wildman–Crippen MR) is 76.3 cm³/mol. The average Bonchev–Trinajstić information content (AvgIpc) is 2.98. The molecular formula is C14H24N4O2. The van der Waals surface area contributed by atoms with Crippen LogP contribution in [0, 0.1) is 0 Å². The fourth-order valence-corrected chi connectivity index (χ4v) is 2.28. The Labute approximate surface area is 119 Å². The Kier molecular flexibility index (Phi) is 6.53. The third-order valence-electron chi connectivity index (χ3n) is 3.44. The van der Waals surface area contributed by atoms with Gasteiger partial charge in [0.15, 0.2) is 0 Å². The number of piperidine rings is 1. The molecule has 1 aromatic heterocycles. The maximum atomic E-state index is 11.6. The molecule has 1 saturated heterocycles. The van der Waals surface area contributed by atoms with E-state index in [1.807, 2.05) is 10.8 Å². The molecule has 2 heterocycles. The van der Waals surface area contributed by atoms with Crippen molar-refractivity contribution < 1.29 is 9.53 Å². The molecule has 1 aliphatic heterocycles. The number of nitrogens with one attached hydrogen (secondary N) is 2. The lowest BCUT2D eigenvalue weighted by molar-refractivity contribution is -0.122. The summed E-state index contributed by atoms with van der Waals surface area (Å²) in [6, 6.07) is 0. The Bertz CT molecular complexity index is 375. The van der Waals surface area contributed by atoms with Crippen LogP contribution in [0.2, 0.25) is 0 Å². The molecule has 0 saturated carbocycles. The summed E-state index contributed by atoms with van der Waals surface area (Å²) in [4.78, 5) is 15.6. The molecule has 2 N–H and O–H groups in total. The van der Waals surface area contributed by atoms with E-state index >= 15 is 0 Å². The van der Waals surface area contributed by atoms with Crippen molar-refractivity contribution in [3.05, 3.63) is 18.7 Å². The standard InChI is InChI=1S/C14H24N4O2/c19-14(4-11-20-13-2-6-15-7-3-13)17-5-1-9-18-10-8-16-12-18/h8,10,12-13,15H,1-7,9,11H2,(H,17,19). The molecule has 20 heavy (non-hydrogen) atoms. The van der Waals surface area contributed by atoms with Gasteiger partial charge < -0.3 is 19.9 Å². The zero-order valence-corrected chi connectivity index (χ0v) is 11.9. The summed E-state index contributed by atoms with van der Waals surface area (Å²) in [6.07, 6.45) is 9.26. The molecule has 1 fully saturated rings. The molecule has 0 unspecified atom stereocenters. The molecular weight excluding hydrogens is 256 g/mol. The summed E-state index contributed by atoms with van der Waals surface area (Å²) < 4.78 is 7.71. The number of imidazole rings is 1. The van der Waals surface area contributed by atoms with E-state index in [1.54, 1.807) is 12.5 Å². The van der Waals surface area contributed by atoms with Crippen molar-refractivity contribution in [2.45, 2.75) is 38.3 Å². The van der Waals surface area contributed by atoms with E-state index in [2.05, 4.69) is 15.6 Å². The fraction of sp³-hybridized carbons (Fsp3) is 0.714. The van der Waals surface area contributed by atoms with Gasteiger partial charge in [0.05, 0.1) is 19.0 Å². The van der Waals surface area contributed by atoms with Crippen molar-refractivity contribution in [3.8, 4) is 0 Å². The maximum absolute atomic E-state index is 11.6. The number of rotatable bonds is 8. The van der Waals surface area contributed by atoms with Gasteiger partial charge in [-0.15, -0.1) is 0 Å². The van der Waals surface area contributed by atoms with E-state index in [0.29, 0.717) is 25.7 Å². The molecule has 112 valence electrons. The van der Waals surface area contributed by atoms with Crippen LogP contribution in [0.4, 0.5) is 0 Å². The van der Waals surface area contributed by atoms with Gasteiger partial charge in [-0.1, -0.05) is 0 Å². The molecule has 0 aliphatic carbocycles. The highest BCUT2D eigenvalue weighted by Gasteiger charge is 2.13. The van der Waals surface area contributed by atoms with Crippen molar-refractivity contribution in [1.29, 1.82) is 0 Å². The molecule has 2 rings (SSSR count). The van der Waals surface area contributed by atoms with Crippen LogP contribution in [-0.2, 0) is 16.1 Å². The Hall–Kier alpha value is -1.40. The highest BCUT2D eigenvalue weighted by atomic mass is 16.5. The van der Waals surface area contributed by atoms with Crippen LogP contribution in [0.5, 0.6) is 0 Å². The smallest absolute Gasteiger partial charge is 0.222 e. The Morgan fingerprint density at radius 2 is 2.30 bits per heavy atom. The number of amides is 1. The quantitative estimate of drug-likeness (QED) is 0.682. The zero-order chi connectivity index (χ0) is 14.0. The van der Waals surface area contributed by atoms with E-state index in [9.17, 15) is 4.79 Å². The van der Waals surface area contributed by atoms with Crippen molar-refractivity contribution in [3.63, 3.8) is 0 Å². The minimum Gasteiger partial charge on any atom is -0.378 e. The SMILES string of the molecule is O=C(CCOC1CCNCC1)NCCCn1ccnc1. The topological polar surface area (TPSA) is 68.2 Å². The van der Waals surface area contributed by atoms with Crippen LogP contribution in [0.25, 0.3) is 0 Å². The van der Waals surface area contributed by atoms with E-state index in [0.717, 1.165) is 38.9 Å².